The number of alkyl carbamates (subject to hydrolysis) is 1. The second-order valence-electron chi connectivity index (χ2n) is 6.05. The Hall–Kier alpha value is -1.83. The highest BCUT2D eigenvalue weighted by atomic mass is 19.4. The van der Waals surface area contributed by atoms with Gasteiger partial charge in [0, 0.05) is 19.0 Å². The van der Waals surface area contributed by atoms with Crippen molar-refractivity contribution in [2.75, 3.05) is 13.1 Å². The van der Waals surface area contributed by atoms with Gasteiger partial charge in [-0.15, -0.1) is 0 Å². The summed E-state index contributed by atoms with van der Waals surface area (Å²) in [6.07, 6.45) is -5.49. The van der Waals surface area contributed by atoms with Crippen molar-refractivity contribution in [3.8, 4) is 0 Å². The minimum Gasteiger partial charge on any atom is -0.444 e. The molecule has 0 aliphatic rings. The number of ether oxygens (including phenoxy) is 1. The number of nitrogens with one attached hydrogen (secondary N) is 1. The molecule has 4 nitrogen and oxygen atoms in total. The van der Waals surface area contributed by atoms with Gasteiger partial charge in [-0.25, -0.2) is 9.18 Å². The van der Waals surface area contributed by atoms with Crippen molar-refractivity contribution >= 4 is 6.09 Å². The fourth-order valence-electron chi connectivity index (χ4n) is 1.87. The van der Waals surface area contributed by atoms with E-state index in [-0.39, 0.29) is 18.7 Å². The maximum atomic E-state index is 13.3. The summed E-state index contributed by atoms with van der Waals surface area (Å²) in [5, 5.41) is 2.45. The van der Waals surface area contributed by atoms with Gasteiger partial charge in [0.25, 0.3) is 0 Å². The van der Waals surface area contributed by atoms with Gasteiger partial charge < -0.3 is 15.8 Å². The van der Waals surface area contributed by atoms with E-state index in [0.717, 1.165) is 6.07 Å². The molecule has 0 fully saturated rings. The van der Waals surface area contributed by atoms with E-state index in [2.05, 4.69) is 5.32 Å². The van der Waals surface area contributed by atoms with Crippen LogP contribution in [0.15, 0.2) is 18.2 Å². The lowest BCUT2D eigenvalue weighted by molar-refractivity contribution is -0.140. The first-order valence-electron chi connectivity index (χ1n) is 6.97. The molecule has 3 N–H and O–H groups in total. The lowest BCUT2D eigenvalue weighted by Crippen LogP contribution is -2.36. The summed E-state index contributed by atoms with van der Waals surface area (Å²) in [5.41, 5.74) is 3.69. The Morgan fingerprint density at radius 2 is 1.91 bits per heavy atom. The van der Waals surface area contributed by atoms with Crippen LogP contribution in [0.5, 0.6) is 0 Å². The number of halogens is 4. The van der Waals surface area contributed by atoms with Gasteiger partial charge >= 0.3 is 12.3 Å². The maximum absolute atomic E-state index is 13.3. The Balaban J connectivity index is 2.85. The molecule has 0 saturated heterocycles. The number of carbonyl (C=O) groups is 1. The van der Waals surface area contributed by atoms with E-state index >= 15 is 0 Å². The summed E-state index contributed by atoms with van der Waals surface area (Å²) >= 11 is 0. The molecule has 0 radical (unpaired) electrons. The molecule has 1 unspecified atom stereocenters. The van der Waals surface area contributed by atoms with Gasteiger partial charge in [-0.1, -0.05) is 6.07 Å². The van der Waals surface area contributed by atoms with Crippen LogP contribution in [-0.4, -0.2) is 24.8 Å². The van der Waals surface area contributed by atoms with Gasteiger partial charge in [-0.05, 0) is 38.5 Å². The third kappa shape index (κ3) is 6.05. The van der Waals surface area contributed by atoms with Gasteiger partial charge in [-0.3, -0.25) is 0 Å². The first-order chi connectivity index (χ1) is 10.4. The molecule has 8 heteroatoms. The van der Waals surface area contributed by atoms with Crippen LogP contribution in [0.25, 0.3) is 0 Å². The fraction of sp³-hybridized carbons (Fsp3) is 0.533. The number of hydrogen-bond donors (Lipinski definition) is 2. The minimum atomic E-state index is -4.79. The third-order valence-electron chi connectivity index (χ3n) is 2.94. The van der Waals surface area contributed by atoms with E-state index in [9.17, 15) is 22.4 Å². The van der Waals surface area contributed by atoms with Gasteiger partial charge in [0.1, 0.15) is 11.4 Å². The van der Waals surface area contributed by atoms with Crippen molar-refractivity contribution in [1.82, 2.24) is 5.32 Å². The Morgan fingerprint density at radius 1 is 1.30 bits per heavy atom. The fourth-order valence-corrected chi connectivity index (χ4v) is 1.87. The molecule has 1 atom stereocenters. The molecule has 1 rings (SSSR count). The first-order valence-corrected chi connectivity index (χ1v) is 6.97. The van der Waals surface area contributed by atoms with Crippen LogP contribution < -0.4 is 11.1 Å². The summed E-state index contributed by atoms with van der Waals surface area (Å²) in [7, 11) is 0. The molecule has 0 heterocycles. The Kier molecular flexibility index (Phi) is 5.98. The maximum Gasteiger partial charge on any atom is 0.419 e. The number of amides is 1. The highest BCUT2D eigenvalue weighted by Gasteiger charge is 2.34. The quantitative estimate of drug-likeness (QED) is 0.828. The van der Waals surface area contributed by atoms with Crippen LogP contribution in [0.1, 0.15) is 37.8 Å². The number of alkyl halides is 3. The Morgan fingerprint density at radius 3 is 2.39 bits per heavy atom. The van der Waals surface area contributed by atoms with Crippen molar-refractivity contribution in [2.24, 2.45) is 5.73 Å². The average Bonchev–Trinajstić information content (AvgIpc) is 2.37. The largest absolute Gasteiger partial charge is 0.444 e. The molecule has 1 aromatic carbocycles. The molecule has 130 valence electrons. The molecular formula is C15H20F4N2O2. The van der Waals surface area contributed by atoms with Gasteiger partial charge in [-0.2, -0.15) is 13.2 Å². The van der Waals surface area contributed by atoms with E-state index in [0.29, 0.717) is 6.07 Å². The van der Waals surface area contributed by atoms with E-state index in [1.165, 1.54) is 6.07 Å². The van der Waals surface area contributed by atoms with Crippen LogP contribution in [0.2, 0.25) is 0 Å². The van der Waals surface area contributed by atoms with Crippen LogP contribution in [0, 0.1) is 5.82 Å². The average molecular weight is 336 g/mol. The molecule has 0 aliphatic carbocycles. The highest BCUT2D eigenvalue weighted by Crippen LogP contribution is 2.33. The number of rotatable bonds is 4. The molecule has 0 aromatic heterocycles. The number of carbonyl (C=O) groups excluding carboxylic acids is 1. The molecule has 0 spiro atoms. The van der Waals surface area contributed by atoms with Gasteiger partial charge in [0.2, 0.25) is 0 Å². The SMILES string of the molecule is CC(C)(C)OC(=O)NCC(CN)c1ccc(F)c(C(F)(F)F)c1. The summed E-state index contributed by atoms with van der Waals surface area (Å²) < 4.78 is 56.5. The van der Waals surface area contributed by atoms with Crippen molar-refractivity contribution in [1.29, 1.82) is 0 Å². The molecule has 1 amide bonds. The molecule has 0 bridgehead atoms. The third-order valence-corrected chi connectivity index (χ3v) is 2.94. The zero-order valence-corrected chi connectivity index (χ0v) is 13.1. The molecule has 0 saturated carbocycles. The highest BCUT2D eigenvalue weighted by molar-refractivity contribution is 5.67. The van der Waals surface area contributed by atoms with Crippen molar-refractivity contribution in [3.05, 3.63) is 35.1 Å². The minimum absolute atomic E-state index is 0.0152. The van der Waals surface area contributed by atoms with Crippen LogP contribution in [-0.2, 0) is 10.9 Å². The first kappa shape index (κ1) is 19.2. The molecule has 1 aromatic rings. The molecule has 23 heavy (non-hydrogen) atoms. The standard InChI is InChI=1S/C15H20F4N2O2/c1-14(2,3)23-13(22)21-8-10(7-20)9-4-5-12(16)11(6-9)15(17,18)19/h4-6,10H,7-8,20H2,1-3H3,(H,21,22). The van der Waals surface area contributed by atoms with Crippen LogP contribution >= 0.6 is 0 Å². The normalized spacial score (nSPS) is 13.6. The summed E-state index contributed by atoms with van der Waals surface area (Å²) in [5.74, 6) is -1.94. The lowest BCUT2D eigenvalue weighted by Gasteiger charge is -2.22. The summed E-state index contributed by atoms with van der Waals surface area (Å²) in [6, 6.07) is 2.68. The molecular weight excluding hydrogens is 316 g/mol. The predicted molar refractivity (Wildman–Crippen MR) is 77.4 cm³/mol. The zero-order valence-electron chi connectivity index (χ0n) is 13.1. The molecule has 0 aliphatic heterocycles. The number of nitrogens with two attached hydrogens (primary N) is 1. The second kappa shape index (κ2) is 7.16. The number of benzene rings is 1. The van der Waals surface area contributed by atoms with Gasteiger partial charge in [0.05, 0.1) is 5.56 Å². The van der Waals surface area contributed by atoms with Crippen LogP contribution in [0.3, 0.4) is 0 Å². The van der Waals surface area contributed by atoms with Crippen molar-refractivity contribution in [2.45, 2.75) is 38.5 Å². The van der Waals surface area contributed by atoms with E-state index < -0.39 is 35.2 Å². The predicted octanol–water partition coefficient (Wildman–Crippen LogP) is 3.41. The zero-order chi connectivity index (χ0) is 17.8. The van der Waals surface area contributed by atoms with E-state index in [4.69, 9.17) is 10.5 Å². The second-order valence-corrected chi connectivity index (χ2v) is 6.05. The topological polar surface area (TPSA) is 64.3 Å². The van der Waals surface area contributed by atoms with Crippen LogP contribution in [0.4, 0.5) is 22.4 Å². The summed E-state index contributed by atoms with van der Waals surface area (Å²) in [6.45, 7) is 5.01. The van der Waals surface area contributed by atoms with Crippen molar-refractivity contribution in [3.63, 3.8) is 0 Å². The van der Waals surface area contributed by atoms with E-state index in [1.807, 2.05) is 0 Å². The van der Waals surface area contributed by atoms with Gasteiger partial charge in [0.15, 0.2) is 0 Å². The Bertz CT molecular complexity index is 553. The van der Waals surface area contributed by atoms with Crippen molar-refractivity contribution < 1.29 is 27.1 Å². The van der Waals surface area contributed by atoms with E-state index in [1.54, 1.807) is 20.8 Å². The smallest absolute Gasteiger partial charge is 0.419 e. The Labute approximate surface area is 132 Å². The number of hydrogen-bond acceptors (Lipinski definition) is 3. The lowest BCUT2D eigenvalue weighted by atomic mass is 9.97. The summed E-state index contributed by atoms with van der Waals surface area (Å²) in [4.78, 5) is 11.6. The monoisotopic (exact) mass is 336 g/mol.